The summed E-state index contributed by atoms with van der Waals surface area (Å²) in [6.07, 6.45) is 3.36. The van der Waals surface area contributed by atoms with Crippen LogP contribution in [0.3, 0.4) is 0 Å². The lowest BCUT2D eigenvalue weighted by atomic mass is 10.0. The number of hydrogen-bond acceptors (Lipinski definition) is 4. The number of aryl methyl sites for hydroxylation is 1. The molecule has 5 nitrogen and oxygen atoms in total. The average Bonchev–Trinajstić information content (AvgIpc) is 2.61. The van der Waals surface area contributed by atoms with Crippen LogP contribution in [0.15, 0.2) is 24.3 Å². The Morgan fingerprint density at radius 2 is 1.93 bits per heavy atom. The summed E-state index contributed by atoms with van der Waals surface area (Å²) in [5.74, 6) is 0.924. The van der Waals surface area contributed by atoms with Crippen LogP contribution in [0.4, 0.5) is 0 Å². The Balaban J connectivity index is 0.00000676. The van der Waals surface area contributed by atoms with Gasteiger partial charge in [0.2, 0.25) is 5.91 Å². The molecule has 0 fully saturated rings. The minimum atomic E-state index is -0.518. The normalized spacial score (nSPS) is 12.9. The molecule has 1 aromatic rings. The molecule has 0 saturated carbocycles. The predicted molar refractivity (Wildman–Crippen MR) is 118 cm³/mol. The number of rotatable bonds is 10. The van der Waals surface area contributed by atoms with E-state index in [1.54, 1.807) is 29.8 Å². The van der Waals surface area contributed by atoms with Gasteiger partial charge in [0.25, 0.3) is 5.91 Å². The zero-order valence-corrected chi connectivity index (χ0v) is 18.7. The van der Waals surface area contributed by atoms with Gasteiger partial charge in [-0.1, -0.05) is 31.5 Å². The molecule has 27 heavy (non-hydrogen) atoms. The van der Waals surface area contributed by atoms with Crippen molar-refractivity contribution in [1.29, 1.82) is 0 Å². The highest BCUT2D eigenvalue weighted by molar-refractivity contribution is 7.98. The zero-order chi connectivity index (χ0) is 19.7. The summed E-state index contributed by atoms with van der Waals surface area (Å²) in [5, 5.41) is 2.91. The number of nitrogens with two attached hydrogens (primary N) is 1. The summed E-state index contributed by atoms with van der Waals surface area (Å²) in [6.45, 7) is 6.69. The maximum atomic E-state index is 12.8. The van der Waals surface area contributed by atoms with Crippen LogP contribution in [0.5, 0.6) is 0 Å². The van der Waals surface area contributed by atoms with E-state index >= 15 is 0 Å². The molecule has 1 aromatic carbocycles. The SMILES string of the molecule is CSCCC(NC(=O)c1cccc(C)c1)C(=O)N(C)CCC(N)C(C)C.Cl. The Morgan fingerprint density at radius 3 is 2.48 bits per heavy atom. The van der Waals surface area contributed by atoms with Crippen molar-refractivity contribution in [2.24, 2.45) is 11.7 Å². The van der Waals surface area contributed by atoms with Crippen LogP contribution in [-0.2, 0) is 4.79 Å². The molecule has 0 bridgehead atoms. The molecule has 7 heteroatoms. The van der Waals surface area contributed by atoms with Gasteiger partial charge in [0.1, 0.15) is 6.04 Å². The van der Waals surface area contributed by atoms with Crippen LogP contribution in [0, 0.1) is 12.8 Å². The molecule has 3 N–H and O–H groups in total. The number of carbonyl (C=O) groups is 2. The second-order valence-corrected chi connectivity index (χ2v) is 8.12. The van der Waals surface area contributed by atoms with Gasteiger partial charge in [-0.15, -0.1) is 12.4 Å². The van der Waals surface area contributed by atoms with Crippen molar-refractivity contribution in [1.82, 2.24) is 10.2 Å². The second-order valence-electron chi connectivity index (χ2n) is 7.13. The monoisotopic (exact) mass is 415 g/mol. The Kier molecular flexibility index (Phi) is 12.4. The van der Waals surface area contributed by atoms with Gasteiger partial charge in [0.15, 0.2) is 0 Å². The molecule has 0 aliphatic carbocycles. The molecular weight excluding hydrogens is 382 g/mol. The molecule has 0 heterocycles. The summed E-state index contributed by atoms with van der Waals surface area (Å²) in [4.78, 5) is 27.1. The third-order valence-corrected chi connectivity index (χ3v) is 5.17. The summed E-state index contributed by atoms with van der Waals surface area (Å²) in [6, 6.07) is 6.94. The van der Waals surface area contributed by atoms with Crippen molar-refractivity contribution in [2.75, 3.05) is 25.6 Å². The summed E-state index contributed by atoms with van der Waals surface area (Å²) < 4.78 is 0. The fourth-order valence-electron chi connectivity index (χ4n) is 2.57. The maximum Gasteiger partial charge on any atom is 0.251 e. The van der Waals surface area contributed by atoms with E-state index in [0.717, 1.165) is 17.7 Å². The van der Waals surface area contributed by atoms with E-state index in [4.69, 9.17) is 5.73 Å². The van der Waals surface area contributed by atoms with Crippen molar-refractivity contribution in [3.63, 3.8) is 0 Å². The standard InChI is InChI=1S/C20H33N3O2S.ClH/c1-14(2)17(21)9-11-23(4)20(25)18(10-12-26-5)22-19(24)16-8-6-7-15(3)13-16;/h6-8,13-14,17-18H,9-12,21H2,1-5H3,(H,22,24);1H. The van der Waals surface area contributed by atoms with E-state index in [2.05, 4.69) is 19.2 Å². The lowest BCUT2D eigenvalue weighted by molar-refractivity contribution is -0.132. The molecule has 2 unspecified atom stereocenters. The summed E-state index contributed by atoms with van der Waals surface area (Å²) in [7, 11) is 1.78. The maximum absolute atomic E-state index is 12.8. The number of benzene rings is 1. The van der Waals surface area contributed by atoms with E-state index in [9.17, 15) is 9.59 Å². The van der Waals surface area contributed by atoms with Gasteiger partial charge in [0, 0.05) is 25.2 Å². The number of likely N-dealkylation sites (N-methyl/N-ethyl adjacent to an activating group) is 1. The van der Waals surface area contributed by atoms with Gasteiger partial charge < -0.3 is 16.0 Å². The first-order chi connectivity index (χ1) is 12.3. The lowest BCUT2D eigenvalue weighted by Gasteiger charge is -2.26. The summed E-state index contributed by atoms with van der Waals surface area (Å²) in [5.41, 5.74) is 7.68. The molecule has 0 aliphatic rings. The topological polar surface area (TPSA) is 75.4 Å². The molecule has 2 amide bonds. The average molecular weight is 416 g/mol. The third-order valence-electron chi connectivity index (χ3n) is 4.52. The van der Waals surface area contributed by atoms with Crippen molar-refractivity contribution >= 4 is 36.0 Å². The van der Waals surface area contributed by atoms with E-state index in [0.29, 0.717) is 24.4 Å². The van der Waals surface area contributed by atoms with Crippen molar-refractivity contribution in [3.8, 4) is 0 Å². The van der Waals surface area contributed by atoms with E-state index in [-0.39, 0.29) is 30.3 Å². The Morgan fingerprint density at radius 1 is 1.26 bits per heavy atom. The Labute approximate surface area is 174 Å². The molecule has 1 rings (SSSR count). The third kappa shape index (κ3) is 9.00. The minimum absolute atomic E-state index is 0. The number of thioether (sulfide) groups is 1. The van der Waals surface area contributed by atoms with E-state index < -0.39 is 6.04 Å². The van der Waals surface area contributed by atoms with Crippen molar-refractivity contribution < 1.29 is 9.59 Å². The smallest absolute Gasteiger partial charge is 0.251 e. The second kappa shape index (κ2) is 13.0. The highest BCUT2D eigenvalue weighted by atomic mass is 35.5. The van der Waals surface area contributed by atoms with Crippen LogP contribution in [-0.4, -0.2) is 54.4 Å². The highest BCUT2D eigenvalue weighted by Gasteiger charge is 2.24. The van der Waals surface area contributed by atoms with E-state index in [1.807, 2.05) is 31.4 Å². The first-order valence-electron chi connectivity index (χ1n) is 9.13. The summed E-state index contributed by atoms with van der Waals surface area (Å²) >= 11 is 1.66. The van der Waals surface area contributed by atoms with Gasteiger partial charge in [-0.25, -0.2) is 0 Å². The zero-order valence-electron chi connectivity index (χ0n) is 17.0. The number of amides is 2. The fourth-order valence-corrected chi connectivity index (χ4v) is 3.04. The molecule has 0 aliphatic heterocycles. The van der Waals surface area contributed by atoms with Crippen LogP contribution >= 0.6 is 24.2 Å². The molecule has 0 radical (unpaired) electrons. The number of carbonyl (C=O) groups excluding carboxylic acids is 2. The van der Waals surface area contributed by atoms with Crippen molar-refractivity contribution in [2.45, 2.75) is 45.7 Å². The van der Waals surface area contributed by atoms with Gasteiger partial charge in [-0.3, -0.25) is 9.59 Å². The molecule has 2 atom stereocenters. The minimum Gasteiger partial charge on any atom is -0.344 e. The van der Waals surface area contributed by atoms with E-state index in [1.165, 1.54) is 0 Å². The quantitative estimate of drug-likeness (QED) is 0.615. The molecule has 0 aromatic heterocycles. The lowest BCUT2D eigenvalue weighted by Crippen LogP contribution is -2.48. The molecular formula is C20H34ClN3O2S. The molecule has 0 saturated heterocycles. The van der Waals surface area contributed by atoms with Crippen molar-refractivity contribution in [3.05, 3.63) is 35.4 Å². The Bertz CT molecular complexity index is 598. The highest BCUT2D eigenvalue weighted by Crippen LogP contribution is 2.09. The van der Waals surface area contributed by atoms with Crippen LogP contribution in [0.25, 0.3) is 0 Å². The number of hydrogen-bond donors (Lipinski definition) is 2. The molecule has 154 valence electrons. The first kappa shape index (κ1) is 25.8. The largest absolute Gasteiger partial charge is 0.344 e. The van der Waals surface area contributed by atoms with Gasteiger partial charge >= 0.3 is 0 Å². The van der Waals surface area contributed by atoms with Gasteiger partial charge in [0.05, 0.1) is 0 Å². The van der Waals surface area contributed by atoms with Crippen LogP contribution in [0.1, 0.15) is 42.6 Å². The first-order valence-corrected chi connectivity index (χ1v) is 10.5. The van der Waals surface area contributed by atoms with Crippen LogP contribution < -0.4 is 11.1 Å². The number of nitrogens with one attached hydrogen (secondary N) is 1. The van der Waals surface area contributed by atoms with Gasteiger partial charge in [-0.2, -0.15) is 11.8 Å². The van der Waals surface area contributed by atoms with Gasteiger partial charge in [-0.05, 0) is 49.8 Å². The fraction of sp³-hybridized carbons (Fsp3) is 0.600. The Hall–Kier alpha value is -1.24. The van der Waals surface area contributed by atoms with Crippen LogP contribution in [0.2, 0.25) is 0 Å². The number of halogens is 1. The molecule has 0 spiro atoms. The number of nitrogens with zero attached hydrogens (tertiary/aromatic N) is 1. The predicted octanol–water partition coefficient (Wildman–Crippen LogP) is 3.10.